The van der Waals surface area contributed by atoms with Crippen molar-refractivity contribution < 1.29 is 9.59 Å². The topological polar surface area (TPSA) is 98.2 Å². The molecule has 0 unspecified atom stereocenters. The second-order valence-corrected chi connectivity index (χ2v) is 6.90. The maximum atomic E-state index is 13.1. The van der Waals surface area contributed by atoms with Gasteiger partial charge in [-0.2, -0.15) is 0 Å². The van der Waals surface area contributed by atoms with Crippen molar-refractivity contribution in [2.75, 3.05) is 6.54 Å². The minimum Gasteiger partial charge on any atom is -0.336 e. The summed E-state index contributed by atoms with van der Waals surface area (Å²) in [5, 5.41) is 6.46. The fraction of sp³-hybridized carbons (Fsp3) is 0.529. The Morgan fingerprint density at radius 3 is 2.54 bits per heavy atom. The van der Waals surface area contributed by atoms with E-state index in [2.05, 4.69) is 15.3 Å². The smallest absolute Gasteiger partial charge is 0.324 e. The fourth-order valence-electron chi connectivity index (χ4n) is 3.03. The maximum Gasteiger partial charge on any atom is 0.324 e. The average molecular weight is 329 g/mol. The lowest BCUT2D eigenvalue weighted by Gasteiger charge is -2.34. The molecule has 0 spiro atoms. The number of nitrogens with one attached hydrogen (secondary N) is 1. The third-order valence-electron chi connectivity index (χ3n) is 4.62. The van der Waals surface area contributed by atoms with Gasteiger partial charge in [-0.05, 0) is 17.0 Å². The van der Waals surface area contributed by atoms with Gasteiger partial charge in [0.2, 0.25) is 5.91 Å². The zero-order chi connectivity index (χ0) is 17.9. The van der Waals surface area contributed by atoms with Crippen LogP contribution in [-0.4, -0.2) is 35.5 Å². The molecule has 0 aromatic heterocycles. The number of urea groups is 1. The Kier molecular flexibility index (Phi) is 5.14. The molecule has 128 valence electrons. The maximum absolute atomic E-state index is 13.1. The van der Waals surface area contributed by atoms with E-state index in [1.54, 1.807) is 0 Å². The molecule has 1 aromatic rings. The monoisotopic (exact) mass is 329 g/mol. The number of imide groups is 1. The molecule has 1 fully saturated rings. The molecule has 0 aliphatic carbocycles. The summed E-state index contributed by atoms with van der Waals surface area (Å²) in [4.78, 5) is 29.3. The zero-order valence-electron chi connectivity index (χ0n) is 14.4. The van der Waals surface area contributed by atoms with E-state index in [0.29, 0.717) is 6.54 Å². The van der Waals surface area contributed by atoms with Crippen molar-refractivity contribution in [3.05, 3.63) is 46.3 Å². The summed E-state index contributed by atoms with van der Waals surface area (Å²) in [6.07, 6.45) is 0. The van der Waals surface area contributed by atoms with Crippen LogP contribution in [0.15, 0.2) is 35.4 Å². The van der Waals surface area contributed by atoms with Crippen LogP contribution >= 0.6 is 0 Å². The first-order valence-corrected chi connectivity index (χ1v) is 8.01. The summed E-state index contributed by atoms with van der Waals surface area (Å²) in [6.45, 7) is 8.01. The minimum atomic E-state index is -1.00. The van der Waals surface area contributed by atoms with E-state index < -0.39 is 23.4 Å². The van der Waals surface area contributed by atoms with Crippen LogP contribution in [-0.2, 0) is 10.2 Å². The van der Waals surface area contributed by atoms with Gasteiger partial charge in [0.25, 0.3) is 0 Å². The number of carbonyl (C=O) groups excluding carboxylic acids is 2. The Morgan fingerprint density at radius 2 is 2.00 bits per heavy atom. The van der Waals surface area contributed by atoms with Gasteiger partial charge in [0.1, 0.15) is 6.04 Å². The highest BCUT2D eigenvalue weighted by Gasteiger charge is 2.45. The largest absolute Gasteiger partial charge is 0.336 e. The molecule has 0 bridgehead atoms. The van der Waals surface area contributed by atoms with E-state index in [-0.39, 0.29) is 12.0 Å². The molecule has 0 saturated carbocycles. The zero-order valence-corrected chi connectivity index (χ0v) is 14.4. The molecule has 7 nitrogen and oxygen atoms in total. The lowest BCUT2D eigenvalue weighted by atomic mass is 9.77. The standard InChI is InChI=1S/C17H23N5O2/c1-11(2)13-10-19-16(24)22(13)15(23)14(20-21-18)17(3,4)12-8-6-5-7-9-12/h5-9,11,13-14H,10H2,1-4H3,(H,19,24)/t13-,14-/m1/s1. The number of benzene rings is 1. The summed E-state index contributed by atoms with van der Waals surface area (Å²) in [7, 11) is 0. The Balaban J connectivity index is 2.42. The molecule has 2 rings (SSSR count). The molecule has 2 atom stereocenters. The normalized spacial score (nSPS) is 19.0. The molecular formula is C17H23N5O2. The molecular weight excluding hydrogens is 306 g/mol. The highest BCUT2D eigenvalue weighted by Crippen LogP contribution is 2.32. The Labute approximate surface area is 141 Å². The number of amides is 3. The summed E-state index contributed by atoms with van der Waals surface area (Å²) >= 11 is 0. The van der Waals surface area contributed by atoms with Gasteiger partial charge >= 0.3 is 6.03 Å². The quantitative estimate of drug-likeness (QED) is 0.509. The number of rotatable bonds is 5. The van der Waals surface area contributed by atoms with Gasteiger partial charge in [0.15, 0.2) is 0 Å². The van der Waals surface area contributed by atoms with Gasteiger partial charge in [-0.3, -0.25) is 9.69 Å². The highest BCUT2D eigenvalue weighted by atomic mass is 16.2. The van der Waals surface area contributed by atoms with Crippen molar-refractivity contribution in [2.24, 2.45) is 11.0 Å². The van der Waals surface area contributed by atoms with Crippen LogP contribution in [0.25, 0.3) is 10.4 Å². The third-order valence-corrected chi connectivity index (χ3v) is 4.62. The number of azide groups is 1. The Morgan fingerprint density at radius 1 is 1.38 bits per heavy atom. The van der Waals surface area contributed by atoms with Gasteiger partial charge in [-0.15, -0.1) is 0 Å². The van der Waals surface area contributed by atoms with Crippen LogP contribution < -0.4 is 5.32 Å². The van der Waals surface area contributed by atoms with E-state index in [1.165, 1.54) is 4.90 Å². The van der Waals surface area contributed by atoms with Crippen LogP contribution in [0.3, 0.4) is 0 Å². The van der Waals surface area contributed by atoms with E-state index in [1.807, 2.05) is 58.0 Å². The van der Waals surface area contributed by atoms with Crippen molar-refractivity contribution in [3.63, 3.8) is 0 Å². The van der Waals surface area contributed by atoms with Gasteiger partial charge in [0, 0.05) is 16.9 Å². The van der Waals surface area contributed by atoms with Gasteiger partial charge in [-0.1, -0.05) is 63.1 Å². The van der Waals surface area contributed by atoms with Crippen LogP contribution in [0, 0.1) is 5.92 Å². The van der Waals surface area contributed by atoms with E-state index in [0.717, 1.165) is 5.56 Å². The Hall–Kier alpha value is -2.53. The lowest BCUT2D eigenvalue weighted by molar-refractivity contribution is -0.132. The first-order chi connectivity index (χ1) is 11.3. The molecule has 3 amide bonds. The first kappa shape index (κ1) is 17.8. The summed E-state index contributed by atoms with van der Waals surface area (Å²) in [5.74, 6) is -0.352. The summed E-state index contributed by atoms with van der Waals surface area (Å²) in [6, 6.07) is 7.72. The van der Waals surface area contributed by atoms with E-state index in [4.69, 9.17) is 5.53 Å². The second-order valence-electron chi connectivity index (χ2n) is 6.90. The molecule has 0 radical (unpaired) electrons. The van der Waals surface area contributed by atoms with Gasteiger partial charge in [0.05, 0.1) is 6.04 Å². The summed E-state index contributed by atoms with van der Waals surface area (Å²) < 4.78 is 0. The third kappa shape index (κ3) is 3.21. The van der Waals surface area contributed by atoms with Gasteiger partial charge in [-0.25, -0.2) is 4.79 Å². The van der Waals surface area contributed by atoms with Crippen LogP contribution in [0.4, 0.5) is 4.79 Å². The predicted octanol–water partition coefficient (Wildman–Crippen LogP) is 3.22. The molecule has 1 aliphatic heterocycles. The van der Waals surface area contributed by atoms with Crippen LogP contribution in [0.2, 0.25) is 0 Å². The molecule has 1 N–H and O–H groups in total. The Bertz CT molecular complexity index is 665. The molecule has 1 aromatic carbocycles. The average Bonchev–Trinajstić information content (AvgIpc) is 2.94. The first-order valence-electron chi connectivity index (χ1n) is 8.01. The van der Waals surface area contributed by atoms with Crippen molar-refractivity contribution in [1.29, 1.82) is 0 Å². The number of hydrogen-bond donors (Lipinski definition) is 1. The lowest BCUT2D eigenvalue weighted by Crippen LogP contribution is -2.51. The highest BCUT2D eigenvalue weighted by molar-refractivity contribution is 5.99. The molecule has 1 aliphatic rings. The molecule has 24 heavy (non-hydrogen) atoms. The predicted molar refractivity (Wildman–Crippen MR) is 91.3 cm³/mol. The SMILES string of the molecule is CC(C)[C@H]1CNC(=O)N1C(=O)[C@@H](N=[N+]=[N-])C(C)(C)c1ccccc1. The van der Waals surface area contributed by atoms with Crippen LogP contribution in [0.5, 0.6) is 0 Å². The van der Waals surface area contributed by atoms with E-state index >= 15 is 0 Å². The summed E-state index contributed by atoms with van der Waals surface area (Å²) in [5.41, 5.74) is 9.10. The molecule has 7 heteroatoms. The molecule has 1 saturated heterocycles. The van der Waals surface area contributed by atoms with Crippen LogP contribution in [0.1, 0.15) is 33.3 Å². The van der Waals surface area contributed by atoms with Crippen molar-refractivity contribution >= 4 is 11.9 Å². The minimum absolute atomic E-state index is 0.111. The van der Waals surface area contributed by atoms with Gasteiger partial charge < -0.3 is 5.32 Å². The number of carbonyl (C=O) groups is 2. The van der Waals surface area contributed by atoms with Crippen molar-refractivity contribution in [1.82, 2.24) is 10.2 Å². The molecule has 1 heterocycles. The second kappa shape index (κ2) is 6.93. The number of nitrogens with zero attached hydrogens (tertiary/aromatic N) is 4. The fourth-order valence-corrected chi connectivity index (χ4v) is 3.03. The van der Waals surface area contributed by atoms with E-state index in [9.17, 15) is 9.59 Å². The van der Waals surface area contributed by atoms with Crippen molar-refractivity contribution in [3.8, 4) is 0 Å². The number of hydrogen-bond acceptors (Lipinski definition) is 3. The van der Waals surface area contributed by atoms with Crippen molar-refractivity contribution in [2.45, 2.75) is 45.2 Å².